The highest BCUT2D eigenvalue weighted by molar-refractivity contribution is 5.90. The van der Waals surface area contributed by atoms with Crippen molar-refractivity contribution in [1.82, 2.24) is 15.9 Å². The van der Waals surface area contributed by atoms with Crippen LogP contribution in [0, 0.1) is 0 Å². The second kappa shape index (κ2) is 7.48. The van der Waals surface area contributed by atoms with Gasteiger partial charge in [0, 0.05) is 12.3 Å². The molecule has 0 saturated carbocycles. The van der Waals surface area contributed by atoms with E-state index in [9.17, 15) is 9.59 Å². The number of carbonyl (C=O) groups excluding carboxylic acids is 2. The van der Waals surface area contributed by atoms with Gasteiger partial charge in [0.2, 0.25) is 0 Å². The fourth-order valence-corrected chi connectivity index (χ4v) is 1.15. The van der Waals surface area contributed by atoms with Gasteiger partial charge >= 0.3 is 5.97 Å². The predicted octanol–water partition coefficient (Wildman–Crippen LogP) is -0.115. The number of carbonyl (C=O) groups is 2. The molecule has 8 nitrogen and oxygen atoms in total. The highest BCUT2D eigenvalue weighted by Crippen LogP contribution is 2.03. The number of nitrogens with one attached hydrogen (secondary N) is 2. The summed E-state index contributed by atoms with van der Waals surface area (Å²) < 4.78 is 0. The van der Waals surface area contributed by atoms with Crippen LogP contribution in [0.15, 0.2) is 24.4 Å². The smallest absolute Gasteiger partial charge is 0.344 e. The van der Waals surface area contributed by atoms with Gasteiger partial charge in [0.15, 0.2) is 0 Å². The molecule has 1 amide bonds. The van der Waals surface area contributed by atoms with Gasteiger partial charge in [-0.05, 0) is 31.6 Å². The Bertz CT molecular complexity index is 520. The number of nitrogens with two attached hydrogens (primary N) is 1. The fourth-order valence-electron chi connectivity index (χ4n) is 1.15. The molecule has 114 valence electrons. The Balaban J connectivity index is 2.47. The minimum atomic E-state index is -1.06. The van der Waals surface area contributed by atoms with Crippen LogP contribution in [0.3, 0.4) is 0 Å². The summed E-state index contributed by atoms with van der Waals surface area (Å²) in [5.41, 5.74) is 9.80. The lowest BCUT2D eigenvalue weighted by molar-refractivity contribution is -0.156. The molecule has 0 bridgehead atoms. The van der Waals surface area contributed by atoms with Crippen molar-refractivity contribution in [3.05, 3.63) is 35.7 Å². The van der Waals surface area contributed by atoms with Gasteiger partial charge in [0.1, 0.15) is 5.54 Å². The molecule has 0 aromatic carbocycles. The van der Waals surface area contributed by atoms with Crippen LogP contribution in [0.5, 0.6) is 0 Å². The Kier molecular flexibility index (Phi) is 5.97. The minimum Gasteiger partial charge on any atom is -0.369 e. The van der Waals surface area contributed by atoms with E-state index < -0.39 is 17.4 Å². The van der Waals surface area contributed by atoms with Crippen LogP contribution in [0.1, 0.15) is 25.1 Å². The molecule has 0 saturated heterocycles. The van der Waals surface area contributed by atoms with Crippen LogP contribution in [-0.2, 0) is 21.0 Å². The predicted molar refractivity (Wildman–Crippen MR) is 74.4 cm³/mol. The normalized spacial score (nSPS) is 11.4. The number of aromatic nitrogens is 1. The lowest BCUT2D eigenvalue weighted by Crippen LogP contribution is -2.44. The molecular weight excluding hydrogens is 276 g/mol. The third-order valence-electron chi connectivity index (χ3n) is 2.33. The van der Waals surface area contributed by atoms with Crippen LogP contribution >= 0.6 is 0 Å². The number of rotatable bonds is 6. The maximum Gasteiger partial charge on any atom is 0.344 e. The summed E-state index contributed by atoms with van der Waals surface area (Å²) in [5.74, 6) is -1.20. The van der Waals surface area contributed by atoms with Gasteiger partial charge in [-0.3, -0.25) is 15.0 Å². The Morgan fingerprint density at radius 2 is 2.19 bits per heavy atom. The van der Waals surface area contributed by atoms with Crippen molar-refractivity contribution < 1.29 is 19.6 Å². The molecule has 0 radical (unpaired) electrons. The molecule has 0 aliphatic rings. The van der Waals surface area contributed by atoms with E-state index in [2.05, 4.69) is 10.5 Å². The molecule has 5 N–H and O–H groups in total. The second-order valence-electron chi connectivity index (χ2n) is 4.83. The van der Waals surface area contributed by atoms with E-state index in [0.29, 0.717) is 5.69 Å². The number of amides is 1. The topological polar surface area (TPSA) is 127 Å². The average molecular weight is 294 g/mol. The van der Waals surface area contributed by atoms with Crippen LogP contribution in [0.4, 0.5) is 0 Å². The summed E-state index contributed by atoms with van der Waals surface area (Å²) >= 11 is 0. The first kappa shape index (κ1) is 16.8. The number of hydrogen-bond acceptors (Lipinski definition) is 7. The summed E-state index contributed by atoms with van der Waals surface area (Å²) in [6, 6.07) is 3.42. The summed E-state index contributed by atoms with van der Waals surface area (Å²) in [4.78, 5) is 31.1. The molecule has 21 heavy (non-hydrogen) atoms. The van der Waals surface area contributed by atoms with Crippen LogP contribution < -0.4 is 16.7 Å². The third-order valence-corrected chi connectivity index (χ3v) is 2.33. The number of hydrogen-bond donors (Lipinski definition) is 4. The number of nitrogens with zero attached hydrogens (tertiary/aromatic N) is 1. The molecular formula is C13H18N4O4. The second-order valence-corrected chi connectivity index (χ2v) is 4.83. The molecule has 1 aromatic rings. The van der Waals surface area contributed by atoms with Crippen LogP contribution in [-0.4, -0.2) is 27.6 Å². The summed E-state index contributed by atoms with van der Waals surface area (Å²) in [5, 5.41) is 8.33. The van der Waals surface area contributed by atoms with Crippen molar-refractivity contribution in [3.63, 3.8) is 0 Å². The van der Waals surface area contributed by atoms with Crippen molar-refractivity contribution in [2.75, 3.05) is 0 Å². The fraction of sp³-hybridized carbons (Fsp3) is 0.308. The monoisotopic (exact) mass is 294 g/mol. The van der Waals surface area contributed by atoms with E-state index in [1.165, 1.54) is 11.6 Å². The molecule has 1 rings (SSSR count). The standard InChI is InChI=1S/C13H18N4O4/c1-13(2,14)12(19)21-16-8-9-3-4-10(15-7-9)5-6-11(18)17-20/h3-7,16,20H,8,14H2,1-2H3,(H,17,18). The zero-order chi connectivity index (χ0) is 15.9. The zero-order valence-corrected chi connectivity index (χ0v) is 11.8. The zero-order valence-electron chi connectivity index (χ0n) is 11.8. The first-order valence-corrected chi connectivity index (χ1v) is 6.13. The van der Waals surface area contributed by atoms with Gasteiger partial charge in [-0.1, -0.05) is 6.07 Å². The quantitative estimate of drug-likeness (QED) is 0.327. The number of pyridine rings is 1. The lowest BCUT2D eigenvalue weighted by atomic mass is 10.1. The molecule has 0 spiro atoms. The van der Waals surface area contributed by atoms with Gasteiger partial charge < -0.3 is 10.6 Å². The van der Waals surface area contributed by atoms with Gasteiger partial charge in [0.05, 0.1) is 12.2 Å². The van der Waals surface area contributed by atoms with Gasteiger partial charge in [0.25, 0.3) is 5.91 Å². The van der Waals surface area contributed by atoms with Gasteiger partial charge in [-0.25, -0.2) is 10.3 Å². The Morgan fingerprint density at radius 3 is 2.71 bits per heavy atom. The van der Waals surface area contributed by atoms with Crippen LogP contribution in [0.2, 0.25) is 0 Å². The minimum absolute atomic E-state index is 0.274. The van der Waals surface area contributed by atoms with E-state index in [1.807, 2.05) is 0 Å². The van der Waals surface area contributed by atoms with Gasteiger partial charge in [-0.15, -0.1) is 5.48 Å². The van der Waals surface area contributed by atoms with Crippen molar-refractivity contribution in [2.24, 2.45) is 5.73 Å². The molecule has 1 aromatic heterocycles. The first-order chi connectivity index (χ1) is 9.82. The largest absolute Gasteiger partial charge is 0.369 e. The molecule has 0 aliphatic carbocycles. The van der Waals surface area contributed by atoms with E-state index >= 15 is 0 Å². The van der Waals surface area contributed by atoms with E-state index in [0.717, 1.165) is 11.6 Å². The van der Waals surface area contributed by atoms with Crippen molar-refractivity contribution in [1.29, 1.82) is 0 Å². The lowest BCUT2D eigenvalue weighted by Gasteiger charge is -2.16. The maximum absolute atomic E-state index is 11.4. The Hall–Kier alpha value is -2.29. The summed E-state index contributed by atoms with van der Waals surface area (Å²) in [6.07, 6.45) is 4.15. The average Bonchev–Trinajstić information content (AvgIpc) is 2.44. The molecule has 0 atom stereocenters. The van der Waals surface area contributed by atoms with Crippen LogP contribution in [0.25, 0.3) is 6.08 Å². The van der Waals surface area contributed by atoms with E-state index in [1.54, 1.807) is 32.2 Å². The van der Waals surface area contributed by atoms with Crippen molar-refractivity contribution in [3.8, 4) is 0 Å². The first-order valence-electron chi connectivity index (χ1n) is 6.13. The van der Waals surface area contributed by atoms with Crippen molar-refractivity contribution in [2.45, 2.75) is 25.9 Å². The SMILES string of the molecule is CC(C)(N)C(=O)ONCc1ccc(C=CC(=O)NO)nc1. The molecule has 0 unspecified atom stereocenters. The molecule has 0 aliphatic heterocycles. The highest BCUT2D eigenvalue weighted by Gasteiger charge is 2.23. The molecule has 8 heteroatoms. The molecule has 0 fully saturated rings. The highest BCUT2D eigenvalue weighted by atomic mass is 16.7. The Labute approximate surface area is 121 Å². The molecule has 1 heterocycles. The third kappa shape index (κ3) is 6.13. The van der Waals surface area contributed by atoms with E-state index in [4.69, 9.17) is 15.8 Å². The Morgan fingerprint density at radius 1 is 1.48 bits per heavy atom. The maximum atomic E-state index is 11.4. The number of hydroxylamine groups is 2. The summed E-state index contributed by atoms with van der Waals surface area (Å²) in [7, 11) is 0. The van der Waals surface area contributed by atoms with Gasteiger partial charge in [-0.2, -0.15) is 0 Å². The van der Waals surface area contributed by atoms with Crippen molar-refractivity contribution >= 4 is 18.0 Å². The van der Waals surface area contributed by atoms with E-state index in [-0.39, 0.29) is 6.54 Å². The summed E-state index contributed by atoms with van der Waals surface area (Å²) in [6.45, 7) is 3.36.